The van der Waals surface area contributed by atoms with Crippen LogP contribution in [0.4, 0.5) is 4.39 Å². The zero-order chi connectivity index (χ0) is 20.3. The molecule has 0 saturated carbocycles. The van der Waals surface area contributed by atoms with Gasteiger partial charge in [-0.25, -0.2) is 4.39 Å². The molecule has 8 heteroatoms. The maximum atomic E-state index is 14.7. The smallest absolute Gasteiger partial charge is 0.214 e. The molecule has 0 spiro atoms. The third kappa shape index (κ3) is 4.87. The fourth-order valence-corrected chi connectivity index (χ4v) is 4.91. The molecule has 1 aromatic rings. The minimum absolute atomic E-state index is 0.137. The second kappa shape index (κ2) is 9.84. The first-order valence-corrected chi connectivity index (χ1v) is 10.4. The Labute approximate surface area is 169 Å². The fourth-order valence-electron chi connectivity index (χ4n) is 3.71. The molecule has 2 heterocycles. The monoisotopic (exact) mass is 416 g/mol. The van der Waals surface area contributed by atoms with Gasteiger partial charge in [-0.3, -0.25) is 0 Å². The van der Waals surface area contributed by atoms with Gasteiger partial charge >= 0.3 is 0 Å². The molecule has 6 nitrogen and oxygen atoms in total. The second-order valence-corrected chi connectivity index (χ2v) is 8.46. The summed E-state index contributed by atoms with van der Waals surface area (Å²) in [5, 5.41) is 9.92. The highest BCUT2D eigenvalue weighted by Gasteiger charge is 2.49. The lowest BCUT2D eigenvalue weighted by atomic mass is 10.00. The number of thioether (sulfide) groups is 1. The van der Waals surface area contributed by atoms with E-state index < -0.39 is 48.4 Å². The zero-order valence-corrected chi connectivity index (χ0v) is 17.4. The number of hydrogen-bond acceptors (Lipinski definition) is 7. The Morgan fingerprint density at radius 3 is 2.43 bits per heavy atom. The van der Waals surface area contributed by atoms with Crippen LogP contribution in [0.1, 0.15) is 20.3 Å². The minimum Gasteiger partial charge on any atom is -0.385 e. The van der Waals surface area contributed by atoms with Crippen LogP contribution in [0.5, 0.6) is 0 Å². The Hall–Kier alpha value is -0.740. The van der Waals surface area contributed by atoms with E-state index in [2.05, 4.69) is 0 Å². The minimum atomic E-state index is -1.51. The van der Waals surface area contributed by atoms with E-state index in [1.807, 2.05) is 37.3 Å². The molecule has 0 amide bonds. The summed E-state index contributed by atoms with van der Waals surface area (Å²) >= 11 is 1.35. The SMILES string of the molecule is COC1CC(C)OC(OC2C(C)OC(F)C(Sc3ccccc3)C2OC)C1O. The standard InChI is InChI=1S/C20H29FO6S/c1-11-10-14(23-3)15(22)20(25-11)27-16-12(2)26-19(21)18(17(16)24-4)28-13-8-6-5-7-9-13/h5-9,11-12,14-20,22H,10H2,1-4H3. The van der Waals surface area contributed by atoms with Gasteiger partial charge in [-0.2, -0.15) is 0 Å². The highest BCUT2D eigenvalue weighted by molar-refractivity contribution is 8.00. The van der Waals surface area contributed by atoms with Crippen molar-refractivity contribution in [3.05, 3.63) is 30.3 Å². The van der Waals surface area contributed by atoms with Gasteiger partial charge in [0.2, 0.25) is 6.36 Å². The summed E-state index contributed by atoms with van der Waals surface area (Å²) in [4.78, 5) is 0.913. The highest BCUT2D eigenvalue weighted by Crippen LogP contribution is 2.38. The summed E-state index contributed by atoms with van der Waals surface area (Å²) in [5.74, 6) is 0. The second-order valence-electron chi connectivity index (χ2n) is 7.20. The summed E-state index contributed by atoms with van der Waals surface area (Å²) in [7, 11) is 3.08. The van der Waals surface area contributed by atoms with Gasteiger partial charge in [0.25, 0.3) is 0 Å². The molecule has 9 atom stereocenters. The summed E-state index contributed by atoms with van der Waals surface area (Å²) in [6.45, 7) is 3.63. The third-order valence-corrected chi connectivity index (χ3v) is 6.48. The topological polar surface area (TPSA) is 66.4 Å². The Kier molecular flexibility index (Phi) is 7.72. The molecule has 3 rings (SSSR count). The van der Waals surface area contributed by atoms with Crippen molar-refractivity contribution in [3.63, 3.8) is 0 Å². The van der Waals surface area contributed by atoms with Crippen LogP contribution in [0.25, 0.3) is 0 Å². The molecule has 0 radical (unpaired) electrons. The molecular formula is C20H29FO6S. The molecule has 28 heavy (non-hydrogen) atoms. The van der Waals surface area contributed by atoms with Crippen molar-refractivity contribution in [1.82, 2.24) is 0 Å². The number of aliphatic hydroxyl groups excluding tert-OH is 1. The van der Waals surface area contributed by atoms with Gasteiger partial charge in [0.05, 0.1) is 23.6 Å². The van der Waals surface area contributed by atoms with Gasteiger partial charge in [0.15, 0.2) is 6.29 Å². The Bertz CT molecular complexity index is 608. The Balaban J connectivity index is 1.76. The molecule has 1 aromatic carbocycles. The zero-order valence-electron chi connectivity index (χ0n) is 16.6. The quantitative estimate of drug-likeness (QED) is 0.765. The van der Waals surface area contributed by atoms with Crippen LogP contribution in [-0.2, 0) is 23.7 Å². The fraction of sp³-hybridized carbons (Fsp3) is 0.700. The molecule has 2 aliphatic heterocycles. The van der Waals surface area contributed by atoms with Crippen molar-refractivity contribution < 1.29 is 33.2 Å². The maximum absolute atomic E-state index is 14.7. The average Bonchev–Trinajstić information content (AvgIpc) is 2.68. The van der Waals surface area contributed by atoms with E-state index in [0.717, 1.165) is 4.90 Å². The molecule has 2 fully saturated rings. The van der Waals surface area contributed by atoms with E-state index in [-0.39, 0.29) is 6.10 Å². The van der Waals surface area contributed by atoms with Gasteiger partial charge < -0.3 is 28.8 Å². The molecule has 2 aliphatic rings. The van der Waals surface area contributed by atoms with E-state index in [4.69, 9.17) is 23.7 Å². The summed E-state index contributed by atoms with van der Waals surface area (Å²) in [6.07, 6.45) is -5.08. The molecular weight excluding hydrogens is 387 g/mol. The number of aliphatic hydroxyl groups is 1. The first-order valence-electron chi connectivity index (χ1n) is 9.50. The van der Waals surface area contributed by atoms with Gasteiger partial charge in [-0.05, 0) is 26.0 Å². The Morgan fingerprint density at radius 2 is 1.79 bits per heavy atom. The van der Waals surface area contributed by atoms with Crippen LogP contribution in [0.2, 0.25) is 0 Å². The van der Waals surface area contributed by atoms with Crippen LogP contribution < -0.4 is 0 Å². The molecule has 2 saturated heterocycles. The van der Waals surface area contributed by atoms with Crippen molar-refractivity contribution in [2.24, 2.45) is 0 Å². The van der Waals surface area contributed by atoms with Crippen molar-refractivity contribution in [2.75, 3.05) is 14.2 Å². The number of rotatable bonds is 6. The number of hydrogen-bond donors (Lipinski definition) is 1. The molecule has 0 aliphatic carbocycles. The van der Waals surface area contributed by atoms with E-state index in [1.165, 1.54) is 18.9 Å². The van der Waals surface area contributed by atoms with E-state index in [9.17, 15) is 9.50 Å². The number of ether oxygens (including phenoxy) is 5. The predicted molar refractivity (Wildman–Crippen MR) is 103 cm³/mol. The first kappa shape index (κ1) is 22.0. The van der Waals surface area contributed by atoms with Crippen LogP contribution in [0.15, 0.2) is 35.2 Å². The van der Waals surface area contributed by atoms with E-state index in [0.29, 0.717) is 6.42 Å². The van der Waals surface area contributed by atoms with Gasteiger partial charge in [0.1, 0.15) is 18.3 Å². The van der Waals surface area contributed by atoms with Crippen LogP contribution in [0.3, 0.4) is 0 Å². The number of alkyl halides is 1. The third-order valence-electron chi connectivity index (χ3n) is 5.19. The van der Waals surface area contributed by atoms with Gasteiger partial charge in [-0.15, -0.1) is 11.8 Å². The van der Waals surface area contributed by atoms with E-state index in [1.54, 1.807) is 14.0 Å². The van der Waals surface area contributed by atoms with Crippen LogP contribution in [-0.4, -0.2) is 73.8 Å². The molecule has 9 unspecified atom stereocenters. The highest BCUT2D eigenvalue weighted by atomic mass is 32.2. The van der Waals surface area contributed by atoms with Crippen molar-refractivity contribution in [2.45, 2.75) is 79.7 Å². The molecule has 0 bridgehead atoms. The number of benzene rings is 1. The van der Waals surface area contributed by atoms with Gasteiger partial charge in [-0.1, -0.05) is 18.2 Å². The largest absolute Gasteiger partial charge is 0.385 e. The lowest BCUT2D eigenvalue weighted by Crippen LogP contribution is -2.59. The lowest BCUT2D eigenvalue weighted by molar-refractivity contribution is -0.315. The van der Waals surface area contributed by atoms with E-state index >= 15 is 0 Å². The Morgan fingerprint density at radius 1 is 1.07 bits per heavy atom. The predicted octanol–water partition coefficient (Wildman–Crippen LogP) is 2.77. The lowest BCUT2D eigenvalue weighted by Gasteiger charge is -2.45. The first-order chi connectivity index (χ1) is 13.4. The number of methoxy groups -OCH3 is 2. The number of halogens is 1. The van der Waals surface area contributed by atoms with Crippen LogP contribution in [0, 0.1) is 0 Å². The maximum Gasteiger partial charge on any atom is 0.214 e. The average molecular weight is 417 g/mol. The van der Waals surface area contributed by atoms with Crippen LogP contribution >= 0.6 is 11.8 Å². The molecule has 158 valence electrons. The van der Waals surface area contributed by atoms with Crippen molar-refractivity contribution in [3.8, 4) is 0 Å². The summed E-state index contributed by atoms with van der Waals surface area (Å²) in [5.41, 5.74) is 0. The van der Waals surface area contributed by atoms with Gasteiger partial charge in [0, 0.05) is 25.5 Å². The van der Waals surface area contributed by atoms with Crippen molar-refractivity contribution >= 4 is 11.8 Å². The molecule has 0 aromatic heterocycles. The normalized spacial score (nSPS) is 41.7. The summed E-state index contributed by atoms with van der Waals surface area (Å²) in [6, 6.07) is 9.53. The molecule has 1 N–H and O–H groups in total. The van der Waals surface area contributed by atoms with Crippen molar-refractivity contribution in [1.29, 1.82) is 0 Å². The summed E-state index contributed by atoms with van der Waals surface area (Å²) < 4.78 is 43.2.